The second kappa shape index (κ2) is 5.69. The lowest BCUT2D eigenvalue weighted by atomic mass is 9.83. The van der Waals surface area contributed by atoms with Crippen LogP contribution in [0.5, 0.6) is 0 Å². The number of aromatic amines is 1. The third-order valence-corrected chi connectivity index (χ3v) is 5.75. The molecule has 0 spiro atoms. The SMILES string of the molecule is CCN(CC)C(=O)C1=CN(C)[C@H]2Cc3c[nH]c4cccc(c34)[C@@H]1C2. The molecule has 2 aromatic rings. The number of aromatic nitrogens is 1. The molecule has 1 aliphatic carbocycles. The van der Waals surface area contributed by atoms with Crippen LogP contribution in [0.2, 0.25) is 0 Å². The van der Waals surface area contributed by atoms with Gasteiger partial charge in [-0.2, -0.15) is 0 Å². The highest BCUT2D eigenvalue weighted by Gasteiger charge is 2.37. The molecule has 2 bridgehead atoms. The first-order valence-corrected chi connectivity index (χ1v) is 8.95. The smallest absolute Gasteiger partial charge is 0.251 e. The highest BCUT2D eigenvalue weighted by molar-refractivity contribution is 5.97. The molecule has 1 aliphatic heterocycles. The molecule has 1 amide bonds. The molecule has 1 aromatic carbocycles. The van der Waals surface area contributed by atoms with Crippen molar-refractivity contribution in [1.82, 2.24) is 14.8 Å². The van der Waals surface area contributed by atoms with Gasteiger partial charge in [0.2, 0.25) is 0 Å². The van der Waals surface area contributed by atoms with E-state index in [2.05, 4.69) is 61.4 Å². The maximum atomic E-state index is 13.1. The highest BCUT2D eigenvalue weighted by Crippen LogP contribution is 2.43. The lowest BCUT2D eigenvalue weighted by Crippen LogP contribution is -2.40. The molecule has 4 rings (SSSR count). The molecular weight excluding hydrogens is 298 g/mol. The molecule has 4 nitrogen and oxygen atoms in total. The van der Waals surface area contributed by atoms with E-state index in [0.29, 0.717) is 6.04 Å². The van der Waals surface area contributed by atoms with Crippen LogP contribution in [0.1, 0.15) is 37.3 Å². The van der Waals surface area contributed by atoms with Crippen LogP contribution in [0.3, 0.4) is 0 Å². The van der Waals surface area contributed by atoms with E-state index in [0.717, 1.165) is 31.5 Å². The molecule has 2 aliphatic rings. The number of likely N-dealkylation sites (N-methyl/N-ethyl adjacent to an activating group) is 2. The summed E-state index contributed by atoms with van der Waals surface area (Å²) in [5, 5.41) is 1.33. The van der Waals surface area contributed by atoms with Crippen LogP contribution >= 0.6 is 0 Å². The summed E-state index contributed by atoms with van der Waals surface area (Å²) in [6.07, 6.45) is 6.30. The van der Waals surface area contributed by atoms with Crippen LogP contribution < -0.4 is 0 Å². The van der Waals surface area contributed by atoms with Crippen LogP contribution in [0.25, 0.3) is 10.9 Å². The van der Waals surface area contributed by atoms with Crippen LogP contribution in [-0.2, 0) is 11.2 Å². The van der Waals surface area contributed by atoms with Gasteiger partial charge in [0.25, 0.3) is 5.91 Å². The summed E-state index contributed by atoms with van der Waals surface area (Å²) in [6.45, 7) is 5.61. The zero-order chi connectivity index (χ0) is 16.8. The van der Waals surface area contributed by atoms with Gasteiger partial charge in [-0.15, -0.1) is 0 Å². The summed E-state index contributed by atoms with van der Waals surface area (Å²) in [5.74, 6) is 0.381. The van der Waals surface area contributed by atoms with Gasteiger partial charge < -0.3 is 14.8 Å². The van der Waals surface area contributed by atoms with Crippen molar-refractivity contribution >= 4 is 16.8 Å². The summed E-state index contributed by atoms with van der Waals surface area (Å²) in [6, 6.07) is 6.91. The number of nitrogens with zero attached hydrogens (tertiary/aromatic N) is 2. The molecule has 126 valence electrons. The summed E-state index contributed by atoms with van der Waals surface area (Å²) in [4.78, 5) is 20.7. The lowest BCUT2D eigenvalue weighted by molar-refractivity contribution is -0.127. The number of rotatable bonds is 3. The summed E-state index contributed by atoms with van der Waals surface area (Å²) in [5.41, 5.74) is 4.82. The topological polar surface area (TPSA) is 39.3 Å². The van der Waals surface area contributed by atoms with Gasteiger partial charge in [0, 0.05) is 61.0 Å². The maximum Gasteiger partial charge on any atom is 0.251 e. The second-order valence-corrected chi connectivity index (χ2v) is 6.96. The number of amides is 1. The average Bonchev–Trinajstić information content (AvgIpc) is 2.93. The van der Waals surface area contributed by atoms with Gasteiger partial charge in [0.05, 0.1) is 0 Å². The van der Waals surface area contributed by atoms with Gasteiger partial charge in [-0.25, -0.2) is 0 Å². The van der Waals surface area contributed by atoms with E-state index in [1.54, 1.807) is 0 Å². The quantitative estimate of drug-likeness (QED) is 0.941. The Bertz CT molecular complexity index is 815. The molecule has 0 radical (unpaired) electrons. The third kappa shape index (κ3) is 2.16. The number of nitrogens with one attached hydrogen (secondary N) is 1. The minimum Gasteiger partial charge on any atom is -0.377 e. The molecule has 2 heterocycles. The Hall–Kier alpha value is -2.23. The van der Waals surface area contributed by atoms with Gasteiger partial charge >= 0.3 is 0 Å². The van der Waals surface area contributed by atoms with Gasteiger partial charge in [0.1, 0.15) is 0 Å². The van der Waals surface area contributed by atoms with Crippen molar-refractivity contribution in [2.24, 2.45) is 0 Å². The van der Waals surface area contributed by atoms with Crippen LogP contribution in [-0.4, -0.2) is 46.9 Å². The predicted molar refractivity (Wildman–Crippen MR) is 96.9 cm³/mol. The fraction of sp³-hybridized carbons (Fsp3) is 0.450. The van der Waals surface area contributed by atoms with Crippen molar-refractivity contribution in [2.45, 2.75) is 38.6 Å². The normalized spacial score (nSPS) is 22.3. The van der Waals surface area contributed by atoms with Gasteiger partial charge in [-0.3, -0.25) is 4.79 Å². The van der Waals surface area contributed by atoms with E-state index < -0.39 is 0 Å². The third-order valence-electron chi connectivity index (χ3n) is 5.75. The van der Waals surface area contributed by atoms with Crippen LogP contribution in [0.4, 0.5) is 0 Å². The first kappa shape index (κ1) is 15.3. The Balaban J connectivity index is 1.87. The number of hydrogen-bond acceptors (Lipinski definition) is 2. The lowest BCUT2D eigenvalue weighted by Gasteiger charge is -2.37. The molecule has 0 saturated carbocycles. The number of carbonyl (C=O) groups is 1. The Morgan fingerprint density at radius 2 is 2.12 bits per heavy atom. The van der Waals surface area contributed by atoms with E-state index in [4.69, 9.17) is 0 Å². The summed E-state index contributed by atoms with van der Waals surface area (Å²) in [7, 11) is 2.11. The first-order valence-electron chi connectivity index (χ1n) is 8.95. The van der Waals surface area contributed by atoms with Gasteiger partial charge in [-0.1, -0.05) is 12.1 Å². The number of H-pyrrole nitrogens is 1. The van der Waals surface area contributed by atoms with E-state index in [-0.39, 0.29) is 11.8 Å². The zero-order valence-corrected chi connectivity index (χ0v) is 14.7. The number of carbonyl (C=O) groups excluding carboxylic acids is 1. The number of hydrogen-bond donors (Lipinski definition) is 1. The maximum absolute atomic E-state index is 13.1. The van der Waals surface area contributed by atoms with Crippen LogP contribution in [0, 0.1) is 0 Å². The first-order chi connectivity index (χ1) is 11.6. The van der Waals surface area contributed by atoms with Crippen molar-refractivity contribution in [3.8, 4) is 0 Å². The van der Waals surface area contributed by atoms with Crippen LogP contribution in [0.15, 0.2) is 36.2 Å². The Labute approximate surface area is 143 Å². The predicted octanol–water partition coefficient (Wildman–Crippen LogP) is 3.26. The molecule has 0 unspecified atom stereocenters. The molecule has 1 aromatic heterocycles. The molecule has 0 fully saturated rings. The molecule has 0 saturated heterocycles. The molecule has 2 atom stereocenters. The monoisotopic (exact) mass is 323 g/mol. The summed E-state index contributed by atoms with van der Waals surface area (Å²) < 4.78 is 0. The standard InChI is InChI=1S/C20H25N3O/c1-4-23(5-2)20(24)17-12-22(3)14-9-13-11-21-18-8-6-7-15(19(13)18)16(17)10-14/h6-8,11-12,14,16,21H,4-5,9-10H2,1-3H3/t14-,16-/m0/s1. The van der Waals surface area contributed by atoms with Crippen molar-refractivity contribution < 1.29 is 4.79 Å². The fourth-order valence-corrected chi connectivity index (χ4v) is 4.39. The van der Waals surface area contributed by atoms with Gasteiger partial charge in [0.15, 0.2) is 0 Å². The second-order valence-electron chi connectivity index (χ2n) is 6.96. The van der Waals surface area contributed by atoms with E-state index in [1.165, 1.54) is 22.0 Å². The largest absolute Gasteiger partial charge is 0.377 e. The van der Waals surface area contributed by atoms with E-state index in [1.807, 2.05) is 4.90 Å². The Kier molecular flexibility index (Phi) is 3.63. The molecule has 4 heteroatoms. The highest BCUT2D eigenvalue weighted by atomic mass is 16.2. The van der Waals surface area contributed by atoms with Crippen molar-refractivity contribution in [3.05, 3.63) is 47.3 Å². The van der Waals surface area contributed by atoms with E-state index in [9.17, 15) is 4.79 Å². The Morgan fingerprint density at radius 3 is 2.88 bits per heavy atom. The minimum absolute atomic E-state index is 0.186. The number of fused-ring (bicyclic) bond motifs is 3. The van der Waals surface area contributed by atoms with Gasteiger partial charge in [-0.05, 0) is 43.9 Å². The number of benzene rings is 1. The molecule has 24 heavy (non-hydrogen) atoms. The Morgan fingerprint density at radius 1 is 1.33 bits per heavy atom. The minimum atomic E-state index is 0.186. The fourth-order valence-electron chi connectivity index (χ4n) is 4.39. The zero-order valence-electron chi connectivity index (χ0n) is 14.7. The molecule has 1 N–H and O–H groups in total. The summed E-state index contributed by atoms with van der Waals surface area (Å²) >= 11 is 0. The molecular formula is C20H25N3O. The van der Waals surface area contributed by atoms with Crippen molar-refractivity contribution in [1.29, 1.82) is 0 Å². The van der Waals surface area contributed by atoms with E-state index >= 15 is 0 Å². The van der Waals surface area contributed by atoms with Crippen molar-refractivity contribution in [3.63, 3.8) is 0 Å². The average molecular weight is 323 g/mol. The van der Waals surface area contributed by atoms with Crippen molar-refractivity contribution in [2.75, 3.05) is 20.1 Å².